The molecule has 7 heteroatoms. The number of carbonyl (C=O) groups is 1. The molecule has 88 valence electrons. The van der Waals surface area contributed by atoms with Gasteiger partial charge in [0.25, 0.3) is 0 Å². The van der Waals surface area contributed by atoms with Crippen LogP contribution in [0.5, 0.6) is 0 Å². The third-order valence-corrected chi connectivity index (χ3v) is 2.26. The van der Waals surface area contributed by atoms with Crippen LogP contribution in [0.15, 0.2) is 18.2 Å². The van der Waals surface area contributed by atoms with E-state index in [0.29, 0.717) is 11.9 Å². The van der Waals surface area contributed by atoms with Gasteiger partial charge in [0.2, 0.25) is 0 Å². The lowest BCUT2D eigenvalue weighted by molar-refractivity contribution is 0.0985. The standard InChI is InChI=1S/C10H8F2N4O/c1-16-10(13-14-15-16)5-9(17)7-3-2-6(11)4-8(7)12/h2-4H,5H2,1H3. The molecule has 0 amide bonds. The van der Waals surface area contributed by atoms with Gasteiger partial charge < -0.3 is 0 Å². The van der Waals surface area contributed by atoms with Crippen LogP contribution in [0, 0.1) is 11.6 Å². The molecule has 1 heterocycles. The highest BCUT2D eigenvalue weighted by atomic mass is 19.1. The van der Waals surface area contributed by atoms with E-state index in [2.05, 4.69) is 15.5 Å². The average molecular weight is 238 g/mol. The molecule has 0 saturated carbocycles. The maximum absolute atomic E-state index is 13.3. The monoisotopic (exact) mass is 238 g/mol. The Labute approximate surface area is 95.1 Å². The Kier molecular flexibility index (Phi) is 2.90. The molecule has 17 heavy (non-hydrogen) atoms. The number of aromatic nitrogens is 4. The molecule has 0 aliphatic heterocycles. The van der Waals surface area contributed by atoms with Gasteiger partial charge in [0.15, 0.2) is 11.6 Å². The summed E-state index contributed by atoms with van der Waals surface area (Å²) in [4.78, 5) is 11.7. The molecule has 1 aromatic carbocycles. The van der Waals surface area contributed by atoms with Gasteiger partial charge in [0, 0.05) is 13.1 Å². The number of ketones is 1. The molecular formula is C10H8F2N4O. The summed E-state index contributed by atoms with van der Waals surface area (Å²) in [7, 11) is 1.57. The van der Waals surface area contributed by atoms with Crippen LogP contribution < -0.4 is 0 Å². The van der Waals surface area contributed by atoms with Crippen molar-refractivity contribution < 1.29 is 13.6 Å². The molecule has 1 aromatic heterocycles. The van der Waals surface area contributed by atoms with E-state index in [4.69, 9.17) is 0 Å². The fourth-order valence-corrected chi connectivity index (χ4v) is 1.35. The highest BCUT2D eigenvalue weighted by molar-refractivity contribution is 5.97. The zero-order valence-corrected chi connectivity index (χ0v) is 8.89. The molecule has 0 fully saturated rings. The van der Waals surface area contributed by atoms with Gasteiger partial charge in [-0.05, 0) is 22.6 Å². The SMILES string of the molecule is Cn1nnnc1CC(=O)c1ccc(F)cc1F. The van der Waals surface area contributed by atoms with Crippen LogP contribution in [0.2, 0.25) is 0 Å². The Bertz CT molecular complexity index is 567. The Morgan fingerprint density at radius 2 is 2.18 bits per heavy atom. The molecule has 0 bridgehead atoms. The van der Waals surface area contributed by atoms with E-state index in [9.17, 15) is 13.6 Å². The van der Waals surface area contributed by atoms with Crippen molar-refractivity contribution in [1.29, 1.82) is 0 Å². The van der Waals surface area contributed by atoms with E-state index >= 15 is 0 Å². The van der Waals surface area contributed by atoms with Crippen LogP contribution in [-0.4, -0.2) is 26.0 Å². The lowest BCUT2D eigenvalue weighted by Crippen LogP contribution is -2.10. The second kappa shape index (κ2) is 4.36. The van der Waals surface area contributed by atoms with Crippen LogP contribution in [-0.2, 0) is 13.5 Å². The lowest BCUT2D eigenvalue weighted by atomic mass is 10.1. The van der Waals surface area contributed by atoms with E-state index in [0.717, 1.165) is 12.1 Å². The molecule has 0 N–H and O–H groups in total. The fourth-order valence-electron chi connectivity index (χ4n) is 1.35. The van der Waals surface area contributed by atoms with Crippen molar-refractivity contribution >= 4 is 5.78 Å². The number of tetrazole rings is 1. The van der Waals surface area contributed by atoms with Crippen LogP contribution in [0.1, 0.15) is 16.2 Å². The highest BCUT2D eigenvalue weighted by Crippen LogP contribution is 2.11. The molecule has 0 atom stereocenters. The summed E-state index contributed by atoms with van der Waals surface area (Å²) < 4.78 is 27.3. The summed E-state index contributed by atoms with van der Waals surface area (Å²) in [5.41, 5.74) is -0.172. The van der Waals surface area contributed by atoms with Crippen molar-refractivity contribution in [3.8, 4) is 0 Å². The van der Waals surface area contributed by atoms with Crippen LogP contribution in [0.4, 0.5) is 8.78 Å². The summed E-state index contributed by atoms with van der Waals surface area (Å²) in [6.07, 6.45) is -0.133. The van der Waals surface area contributed by atoms with Crippen molar-refractivity contribution in [1.82, 2.24) is 20.2 Å². The summed E-state index contributed by atoms with van der Waals surface area (Å²) in [6, 6.07) is 2.81. The topological polar surface area (TPSA) is 60.7 Å². The second-order valence-corrected chi connectivity index (χ2v) is 3.44. The number of nitrogens with zero attached hydrogens (tertiary/aromatic N) is 4. The van der Waals surface area contributed by atoms with Gasteiger partial charge in [-0.15, -0.1) is 5.10 Å². The van der Waals surface area contributed by atoms with Crippen LogP contribution >= 0.6 is 0 Å². The first-order chi connectivity index (χ1) is 8.08. The van der Waals surface area contributed by atoms with E-state index in [-0.39, 0.29) is 12.0 Å². The summed E-state index contributed by atoms with van der Waals surface area (Å²) in [5, 5.41) is 10.5. The van der Waals surface area contributed by atoms with Crippen LogP contribution in [0.3, 0.4) is 0 Å². The van der Waals surface area contributed by atoms with Gasteiger partial charge in [0.05, 0.1) is 12.0 Å². The smallest absolute Gasteiger partial charge is 0.173 e. The maximum Gasteiger partial charge on any atom is 0.173 e. The molecule has 2 rings (SSSR count). The minimum Gasteiger partial charge on any atom is -0.294 e. The fraction of sp³-hybridized carbons (Fsp3) is 0.200. The zero-order chi connectivity index (χ0) is 12.4. The number of Topliss-reactive ketones (excluding diaryl/α,β-unsaturated/α-hetero) is 1. The quantitative estimate of drug-likeness (QED) is 0.746. The Morgan fingerprint density at radius 3 is 2.76 bits per heavy atom. The number of halogens is 2. The van der Waals surface area contributed by atoms with E-state index in [1.54, 1.807) is 7.05 Å². The minimum atomic E-state index is -0.884. The first kappa shape index (κ1) is 11.3. The number of aryl methyl sites for hydroxylation is 1. The molecule has 0 saturated heterocycles. The number of benzene rings is 1. The number of hydrogen-bond donors (Lipinski definition) is 0. The second-order valence-electron chi connectivity index (χ2n) is 3.44. The lowest BCUT2D eigenvalue weighted by Gasteiger charge is -2.01. The molecule has 5 nitrogen and oxygen atoms in total. The molecule has 0 aliphatic rings. The number of hydrogen-bond acceptors (Lipinski definition) is 4. The van der Waals surface area contributed by atoms with E-state index in [1.165, 1.54) is 4.68 Å². The Balaban J connectivity index is 2.23. The largest absolute Gasteiger partial charge is 0.294 e. The summed E-state index contributed by atoms with van der Waals surface area (Å²) in [6.45, 7) is 0. The molecule has 0 unspecified atom stereocenters. The maximum atomic E-state index is 13.3. The minimum absolute atomic E-state index is 0.133. The van der Waals surface area contributed by atoms with Gasteiger partial charge in [-0.2, -0.15) is 0 Å². The zero-order valence-electron chi connectivity index (χ0n) is 8.89. The molecule has 0 spiro atoms. The Hall–Kier alpha value is -2.18. The Morgan fingerprint density at radius 1 is 1.41 bits per heavy atom. The molecule has 2 aromatic rings. The molecular weight excluding hydrogens is 230 g/mol. The van der Waals surface area contributed by atoms with Crippen molar-refractivity contribution in [2.24, 2.45) is 7.05 Å². The van der Waals surface area contributed by atoms with Gasteiger partial charge >= 0.3 is 0 Å². The van der Waals surface area contributed by atoms with E-state index < -0.39 is 17.4 Å². The highest BCUT2D eigenvalue weighted by Gasteiger charge is 2.15. The first-order valence-electron chi connectivity index (χ1n) is 4.77. The average Bonchev–Trinajstić information content (AvgIpc) is 2.64. The van der Waals surface area contributed by atoms with Gasteiger partial charge in [-0.25, -0.2) is 13.5 Å². The number of carbonyl (C=O) groups excluding carboxylic acids is 1. The third kappa shape index (κ3) is 2.32. The van der Waals surface area contributed by atoms with Gasteiger partial charge in [0.1, 0.15) is 11.6 Å². The van der Waals surface area contributed by atoms with E-state index in [1.807, 2.05) is 0 Å². The van der Waals surface area contributed by atoms with Crippen molar-refractivity contribution in [2.75, 3.05) is 0 Å². The van der Waals surface area contributed by atoms with Crippen LogP contribution in [0.25, 0.3) is 0 Å². The van der Waals surface area contributed by atoms with Crippen molar-refractivity contribution in [3.63, 3.8) is 0 Å². The molecule has 0 aliphatic carbocycles. The third-order valence-electron chi connectivity index (χ3n) is 2.26. The first-order valence-corrected chi connectivity index (χ1v) is 4.77. The normalized spacial score (nSPS) is 10.5. The predicted molar refractivity (Wildman–Crippen MR) is 53.2 cm³/mol. The van der Waals surface area contributed by atoms with Crippen molar-refractivity contribution in [2.45, 2.75) is 6.42 Å². The summed E-state index contributed by atoms with van der Waals surface area (Å²) in [5.74, 6) is -1.79. The number of rotatable bonds is 3. The van der Waals surface area contributed by atoms with Crippen molar-refractivity contribution in [3.05, 3.63) is 41.2 Å². The predicted octanol–water partition coefficient (Wildman–Crippen LogP) is 0.914. The van der Waals surface area contributed by atoms with Gasteiger partial charge in [-0.1, -0.05) is 0 Å². The molecule has 0 radical (unpaired) electrons. The van der Waals surface area contributed by atoms with Gasteiger partial charge in [-0.3, -0.25) is 4.79 Å². The summed E-state index contributed by atoms with van der Waals surface area (Å²) >= 11 is 0.